The molecule has 9 heteroatoms. The molecule has 0 radical (unpaired) electrons. The summed E-state index contributed by atoms with van der Waals surface area (Å²) in [6.45, 7) is 6.17. The smallest absolute Gasteiger partial charge is 0.227 e. The maximum atomic E-state index is 12.8. The third-order valence-corrected chi connectivity index (χ3v) is 7.72. The molecule has 152 valence electrons. The number of carbonyl (C=O) groups is 2. The standard InChI is InChI=1S/C20H22N4O2S3/c1-12-9-16(14(3)24(12)13(2)15-7-5-4-6-8-15)17(25)10-27-19-22-23-20(29-19)28-11-18(21)26/h4-9,13H,10-11H2,1-3H3,(H2,21,26). The number of nitrogens with zero attached hydrogens (tertiary/aromatic N) is 3. The van der Waals surface area contributed by atoms with E-state index >= 15 is 0 Å². The summed E-state index contributed by atoms with van der Waals surface area (Å²) in [7, 11) is 0. The van der Waals surface area contributed by atoms with E-state index in [0.29, 0.717) is 14.4 Å². The highest BCUT2D eigenvalue weighted by Crippen LogP contribution is 2.30. The number of hydrogen-bond donors (Lipinski definition) is 1. The molecule has 2 aromatic heterocycles. The van der Waals surface area contributed by atoms with E-state index in [1.165, 1.54) is 40.4 Å². The molecule has 0 aliphatic rings. The van der Waals surface area contributed by atoms with Gasteiger partial charge >= 0.3 is 0 Å². The molecule has 1 atom stereocenters. The number of aromatic nitrogens is 3. The molecule has 29 heavy (non-hydrogen) atoms. The van der Waals surface area contributed by atoms with Crippen LogP contribution in [0.1, 0.15) is 40.3 Å². The molecule has 0 fully saturated rings. The van der Waals surface area contributed by atoms with Gasteiger partial charge in [-0.2, -0.15) is 0 Å². The molecule has 1 aromatic carbocycles. The van der Waals surface area contributed by atoms with E-state index in [-0.39, 0.29) is 17.6 Å². The third-order valence-electron chi connectivity index (χ3n) is 4.51. The van der Waals surface area contributed by atoms with Gasteiger partial charge in [0.15, 0.2) is 14.5 Å². The Bertz CT molecular complexity index is 1010. The first kappa shape index (κ1) is 21.6. The minimum atomic E-state index is -0.394. The van der Waals surface area contributed by atoms with E-state index in [9.17, 15) is 9.59 Å². The van der Waals surface area contributed by atoms with Crippen molar-refractivity contribution in [3.8, 4) is 0 Å². The highest BCUT2D eigenvalue weighted by Gasteiger charge is 2.20. The Morgan fingerprint density at radius 1 is 1.10 bits per heavy atom. The molecule has 2 N–H and O–H groups in total. The molecule has 3 rings (SSSR count). The first-order valence-electron chi connectivity index (χ1n) is 9.00. The van der Waals surface area contributed by atoms with Gasteiger partial charge in [0.2, 0.25) is 5.91 Å². The molecule has 0 bridgehead atoms. The number of ketones is 1. The van der Waals surface area contributed by atoms with Crippen molar-refractivity contribution in [1.82, 2.24) is 14.8 Å². The van der Waals surface area contributed by atoms with Gasteiger partial charge in [-0.25, -0.2) is 0 Å². The SMILES string of the molecule is Cc1cc(C(=O)CSc2nnc(SCC(N)=O)s2)c(C)n1C(C)c1ccccc1. The summed E-state index contributed by atoms with van der Waals surface area (Å²) in [6, 6.07) is 12.4. The number of aryl methyl sites for hydroxylation is 1. The van der Waals surface area contributed by atoms with E-state index < -0.39 is 5.91 Å². The molecule has 2 heterocycles. The second-order valence-electron chi connectivity index (χ2n) is 6.54. The van der Waals surface area contributed by atoms with Gasteiger partial charge in [-0.1, -0.05) is 65.2 Å². The second kappa shape index (κ2) is 9.60. The summed E-state index contributed by atoms with van der Waals surface area (Å²) in [5, 5.41) is 8.09. The van der Waals surface area contributed by atoms with Crippen molar-refractivity contribution in [2.24, 2.45) is 5.73 Å². The predicted octanol–water partition coefficient (Wildman–Crippen LogP) is 4.12. The van der Waals surface area contributed by atoms with Gasteiger partial charge in [0.05, 0.1) is 17.5 Å². The zero-order valence-corrected chi connectivity index (χ0v) is 18.9. The third kappa shape index (κ3) is 5.29. The Balaban J connectivity index is 1.68. The largest absolute Gasteiger partial charge is 0.369 e. The van der Waals surface area contributed by atoms with E-state index in [1.807, 2.05) is 38.1 Å². The minimum absolute atomic E-state index is 0.0659. The van der Waals surface area contributed by atoms with Crippen molar-refractivity contribution in [1.29, 1.82) is 0 Å². The van der Waals surface area contributed by atoms with Crippen LogP contribution in [0.25, 0.3) is 0 Å². The van der Waals surface area contributed by atoms with Crippen LogP contribution in [-0.4, -0.2) is 38.0 Å². The average molecular weight is 447 g/mol. The Labute approximate surface area is 182 Å². The van der Waals surface area contributed by atoms with Crippen molar-refractivity contribution < 1.29 is 9.59 Å². The lowest BCUT2D eigenvalue weighted by molar-refractivity contribution is -0.115. The molecule has 0 saturated carbocycles. The van der Waals surface area contributed by atoms with E-state index in [4.69, 9.17) is 5.73 Å². The van der Waals surface area contributed by atoms with Crippen LogP contribution in [0.5, 0.6) is 0 Å². The van der Waals surface area contributed by atoms with Crippen LogP contribution < -0.4 is 5.73 Å². The van der Waals surface area contributed by atoms with E-state index in [2.05, 4.69) is 33.8 Å². The average Bonchev–Trinajstić information content (AvgIpc) is 3.28. The van der Waals surface area contributed by atoms with Gasteiger partial charge in [-0.3, -0.25) is 9.59 Å². The summed E-state index contributed by atoms with van der Waals surface area (Å²) >= 11 is 3.99. The number of Topliss-reactive ketones (excluding diaryl/α,β-unsaturated/α-hetero) is 1. The quantitative estimate of drug-likeness (QED) is 0.393. The lowest BCUT2D eigenvalue weighted by Crippen LogP contribution is -2.12. The van der Waals surface area contributed by atoms with Crippen LogP contribution in [0.4, 0.5) is 0 Å². The summed E-state index contributed by atoms with van der Waals surface area (Å²) in [6.07, 6.45) is 0. The Morgan fingerprint density at radius 3 is 2.34 bits per heavy atom. The number of carbonyl (C=O) groups excluding carboxylic acids is 2. The first-order valence-corrected chi connectivity index (χ1v) is 11.8. The van der Waals surface area contributed by atoms with Gasteiger partial charge in [0, 0.05) is 17.0 Å². The fourth-order valence-corrected chi connectivity index (χ4v) is 5.83. The van der Waals surface area contributed by atoms with Crippen molar-refractivity contribution >= 4 is 46.6 Å². The van der Waals surface area contributed by atoms with Crippen molar-refractivity contribution in [3.05, 3.63) is 58.9 Å². The topological polar surface area (TPSA) is 90.9 Å². The molecule has 6 nitrogen and oxygen atoms in total. The first-order chi connectivity index (χ1) is 13.9. The predicted molar refractivity (Wildman–Crippen MR) is 119 cm³/mol. The lowest BCUT2D eigenvalue weighted by atomic mass is 10.1. The molecule has 0 aliphatic heterocycles. The zero-order valence-electron chi connectivity index (χ0n) is 16.4. The number of rotatable bonds is 9. The van der Waals surface area contributed by atoms with Gasteiger partial charge in [0.25, 0.3) is 0 Å². The molecular weight excluding hydrogens is 424 g/mol. The fraction of sp³-hybridized carbons (Fsp3) is 0.300. The Morgan fingerprint density at radius 2 is 1.72 bits per heavy atom. The highest BCUT2D eigenvalue weighted by molar-refractivity contribution is 8.03. The normalized spacial score (nSPS) is 12.1. The van der Waals surface area contributed by atoms with Crippen LogP contribution >= 0.6 is 34.9 Å². The number of benzene rings is 1. The molecular formula is C20H22N4O2S3. The lowest BCUT2D eigenvalue weighted by Gasteiger charge is -2.19. The number of hydrogen-bond acceptors (Lipinski definition) is 7. The van der Waals surface area contributed by atoms with Crippen molar-refractivity contribution in [3.63, 3.8) is 0 Å². The molecule has 0 spiro atoms. The number of nitrogens with two attached hydrogens (primary N) is 1. The van der Waals surface area contributed by atoms with Crippen molar-refractivity contribution in [2.45, 2.75) is 35.5 Å². The fourth-order valence-electron chi connectivity index (χ4n) is 3.19. The molecule has 0 aliphatic carbocycles. The summed E-state index contributed by atoms with van der Waals surface area (Å²) in [4.78, 5) is 23.7. The minimum Gasteiger partial charge on any atom is -0.369 e. The number of amides is 1. The Kier molecular flexibility index (Phi) is 7.15. The zero-order chi connectivity index (χ0) is 21.0. The maximum Gasteiger partial charge on any atom is 0.227 e. The maximum absolute atomic E-state index is 12.8. The number of primary amides is 1. The highest BCUT2D eigenvalue weighted by atomic mass is 32.2. The molecule has 1 unspecified atom stereocenters. The van der Waals surface area contributed by atoms with Gasteiger partial charge in [-0.05, 0) is 32.4 Å². The van der Waals surface area contributed by atoms with Gasteiger partial charge in [0.1, 0.15) is 0 Å². The summed E-state index contributed by atoms with van der Waals surface area (Å²) in [5.41, 5.74) is 9.12. The molecule has 3 aromatic rings. The molecule has 1 amide bonds. The van der Waals surface area contributed by atoms with E-state index in [1.54, 1.807) is 0 Å². The van der Waals surface area contributed by atoms with Gasteiger partial charge < -0.3 is 10.3 Å². The van der Waals surface area contributed by atoms with Crippen LogP contribution in [0.3, 0.4) is 0 Å². The van der Waals surface area contributed by atoms with Crippen LogP contribution in [-0.2, 0) is 4.79 Å². The molecule has 0 saturated heterocycles. The second-order valence-corrected chi connectivity index (χ2v) is 9.96. The van der Waals surface area contributed by atoms with Crippen molar-refractivity contribution in [2.75, 3.05) is 11.5 Å². The summed E-state index contributed by atoms with van der Waals surface area (Å²) < 4.78 is 3.59. The number of thioether (sulfide) groups is 2. The summed E-state index contributed by atoms with van der Waals surface area (Å²) in [5.74, 6) is 0.133. The van der Waals surface area contributed by atoms with Crippen LogP contribution in [0.15, 0.2) is 45.1 Å². The monoisotopic (exact) mass is 446 g/mol. The van der Waals surface area contributed by atoms with Crippen LogP contribution in [0.2, 0.25) is 0 Å². The van der Waals surface area contributed by atoms with Crippen LogP contribution in [0, 0.1) is 13.8 Å². The van der Waals surface area contributed by atoms with E-state index in [0.717, 1.165) is 17.0 Å². The Hall–Kier alpha value is -2.10. The van der Waals surface area contributed by atoms with Gasteiger partial charge in [-0.15, -0.1) is 10.2 Å².